The van der Waals surface area contributed by atoms with Gasteiger partial charge in [0.05, 0.1) is 0 Å². The summed E-state index contributed by atoms with van der Waals surface area (Å²) < 4.78 is 0. The van der Waals surface area contributed by atoms with Crippen LogP contribution < -0.4 is 4.90 Å². The van der Waals surface area contributed by atoms with Crippen LogP contribution in [0.4, 0.5) is 5.69 Å². The summed E-state index contributed by atoms with van der Waals surface area (Å²) in [6, 6.07) is 11.4. The molecular formula is C17H28N2O. The lowest BCUT2D eigenvalue weighted by atomic mass is 10.0. The average Bonchev–Trinajstić information content (AvgIpc) is 2.52. The maximum absolute atomic E-state index is 8.82. The smallest absolute Gasteiger partial charge is 0.0431 e. The number of para-hydroxylation sites is 1. The van der Waals surface area contributed by atoms with Crippen molar-refractivity contribution in [2.45, 2.75) is 38.1 Å². The maximum Gasteiger partial charge on any atom is 0.0431 e. The summed E-state index contributed by atoms with van der Waals surface area (Å²) in [4.78, 5) is 5.02. The Kier molecular flexibility index (Phi) is 6.34. The van der Waals surface area contributed by atoms with E-state index in [0.29, 0.717) is 12.6 Å². The average molecular weight is 276 g/mol. The molecule has 1 saturated heterocycles. The number of hydrogen-bond donors (Lipinski definition) is 1. The fourth-order valence-electron chi connectivity index (χ4n) is 3.02. The second-order valence-corrected chi connectivity index (χ2v) is 5.84. The largest absolute Gasteiger partial charge is 0.396 e. The van der Waals surface area contributed by atoms with Crippen molar-refractivity contribution in [3.05, 3.63) is 30.3 Å². The van der Waals surface area contributed by atoms with Gasteiger partial charge in [-0.15, -0.1) is 0 Å². The lowest BCUT2D eigenvalue weighted by molar-refractivity contribution is 0.208. The minimum Gasteiger partial charge on any atom is -0.396 e. The monoisotopic (exact) mass is 276 g/mol. The molecule has 3 heteroatoms. The quantitative estimate of drug-likeness (QED) is 0.776. The van der Waals surface area contributed by atoms with Crippen molar-refractivity contribution < 1.29 is 5.11 Å². The van der Waals surface area contributed by atoms with Crippen LogP contribution in [0, 0.1) is 0 Å². The number of likely N-dealkylation sites (N-methyl/N-ethyl adjacent to an activating group) is 1. The molecular weight excluding hydrogens is 248 g/mol. The minimum absolute atomic E-state index is 0.328. The van der Waals surface area contributed by atoms with Crippen molar-refractivity contribution in [1.29, 1.82) is 0 Å². The summed E-state index contributed by atoms with van der Waals surface area (Å²) >= 11 is 0. The number of unbranched alkanes of at least 4 members (excludes halogenated alkanes) is 2. The fourth-order valence-corrected chi connectivity index (χ4v) is 3.02. The Morgan fingerprint density at radius 2 is 2.00 bits per heavy atom. The van der Waals surface area contributed by atoms with Gasteiger partial charge in [0.2, 0.25) is 0 Å². The Morgan fingerprint density at radius 1 is 1.20 bits per heavy atom. The first-order valence-electron chi connectivity index (χ1n) is 7.92. The van der Waals surface area contributed by atoms with Crippen molar-refractivity contribution in [2.75, 3.05) is 38.2 Å². The van der Waals surface area contributed by atoms with Gasteiger partial charge in [0.15, 0.2) is 0 Å². The number of piperidine rings is 1. The van der Waals surface area contributed by atoms with E-state index in [9.17, 15) is 0 Å². The first-order chi connectivity index (χ1) is 9.81. The first kappa shape index (κ1) is 15.3. The molecule has 1 N–H and O–H groups in total. The molecule has 0 bridgehead atoms. The molecule has 112 valence electrons. The molecule has 1 atom stereocenters. The van der Waals surface area contributed by atoms with Gasteiger partial charge in [0.25, 0.3) is 0 Å². The van der Waals surface area contributed by atoms with E-state index >= 15 is 0 Å². The summed E-state index contributed by atoms with van der Waals surface area (Å²) in [6.45, 7) is 3.79. The molecule has 0 radical (unpaired) electrons. The van der Waals surface area contributed by atoms with Crippen LogP contribution in [0.3, 0.4) is 0 Å². The zero-order valence-electron chi connectivity index (χ0n) is 12.7. The Labute approximate surface area is 123 Å². The number of anilines is 1. The molecule has 3 nitrogen and oxygen atoms in total. The van der Waals surface area contributed by atoms with Crippen molar-refractivity contribution in [3.8, 4) is 0 Å². The molecule has 1 aromatic carbocycles. The molecule has 0 saturated carbocycles. The molecule has 0 amide bonds. The molecule has 0 spiro atoms. The highest BCUT2D eigenvalue weighted by atomic mass is 16.2. The second-order valence-electron chi connectivity index (χ2n) is 5.84. The number of aliphatic hydroxyl groups is 1. The zero-order chi connectivity index (χ0) is 14.2. The Morgan fingerprint density at radius 3 is 2.75 bits per heavy atom. The molecule has 1 heterocycles. The van der Waals surface area contributed by atoms with E-state index in [2.05, 4.69) is 47.2 Å². The SMILES string of the molecule is CN(CCCCCO)C1CCCN(c2ccccc2)C1. The number of hydrogen-bond acceptors (Lipinski definition) is 3. The predicted octanol–water partition coefficient (Wildman–Crippen LogP) is 2.75. The molecule has 2 rings (SSSR count). The Hall–Kier alpha value is -1.06. The van der Waals surface area contributed by atoms with Crippen LogP contribution in [0.1, 0.15) is 32.1 Å². The number of rotatable bonds is 7. The summed E-state index contributed by atoms with van der Waals surface area (Å²) in [5.41, 5.74) is 1.35. The van der Waals surface area contributed by atoms with Gasteiger partial charge in [0, 0.05) is 31.4 Å². The van der Waals surface area contributed by atoms with E-state index in [0.717, 1.165) is 25.9 Å². The lowest BCUT2D eigenvalue weighted by Gasteiger charge is -2.39. The Bertz CT molecular complexity index is 369. The molecule has 0 aromatic heterocycles. The molecule has 1 unspecified atom stereocenters. The van der Waals surface area contributed by atoms with Crippen molar-refractivity contribution >= 4 is 5.69 Å². The van der Waals surface area contributed by atoms with Gasteiger partial charge in [-0.2, -0.15) is 0 Å². The van der Waals surface area contributed by atoms with Gasteiger partial charge in [-0.25, -0.2) is 0 Å². The highest BCUT2D eigenvalue weighted by molar-refractivity contribution is 5.46. The molecule has 1 fully saturated rings. The van der Waals surface area contributed by atoms with Crippen molar-refractivity contribution in [1.82, 2.24) is 4.90 Å². The van der Waals surface area contributed by atoms with E-state index in [1.807, 2.05) is 0 Å². The van der Waals surface area contributed by atoms with E-state index < -0.39 is 0 Å². The van der Waals surface area contributed by atoms with Gasteiger partial charge in [-0.1, -0.05) is 18.2 Å². The lowest BCUT2D eigenvalue weighted by Crippen LogP contribution is -2.46. The molecule has 1 aromatic rings. The van der Waals surface area contributed by atoms with Crippen LogP contribution in [0.15, 0.2) is 30.3 Å². The number of aliphatic hydroxyl groups excluding tert-OH is 1. The standard InChI is InChI=1S/C17H28N2O/c1-18(12-6-3-7-14-20)17-11-8-13-19(15-17)16-9-4-2-5-10-16/h2,4-5,9-10,17,20H,3,6-8,11-15H2,1H3. The van der Waals surface area contributed by atoms with E-state index in [4.69, 9.17) is 5.11 Å². The normalized spacial score (nSPS) is 19.6. The molecule has 1 aliphatic rings. The topological polar surface area (TPSA) is 26.7 Å². The highest BCUT2D eigenvalue weighted by Gasteiger charge is 2.22. The van der Waals surface area contributed by atoms with Gasteiger partial charge in [-0.3, -0.25) is 0 Å². The van der Waals surface area contributed by atoms with Gasteiger partial charge >= 0.3 is 0 Å². The van der Waals surface area contributed by atoms with Crippen LogP contribution in [0.5, 0.6) is 0 Å². The molecule has 1 aliphatic heterocycles. The third-order valence-corrected chi connectivity index (χ3v) is 4.31. The third-order valence-electron chi connectivity index (χ3n) is 4.31. The van der Waals surface area contributed by atoms with Crippen molar-refractivity contribution in [3.63, 3.8) is 0 Å². The second kappa shape index (κ2) is 8.28. The zero-order valence-corrected chi connectivity index (χ0v) is 12.7. The van der Waals surface area contributed by atoms with E-state index in [-0.39, 0.29) is 0 Å². The predicted molar refractivity (Wildman–Crippen MR) is 85.2 cm³/mol. The van der Waals surface area contributed by atoms with Crippen LogP contribution in [0.2, 0.25) is 0 Å². The minimum atomic E-state index is 0.328. The van der Waals surface area contributed by atoms with Gasteiger partial charge in [-0.05, 0) is 57.8 Å². The van der Waals surface area contributed by atoms with Crippen LogP contribution in [-0.4, -0.2) is 49.3 Å². The summed E-state index contributed by atoms with van der Waals surface area (Å²) in [6.07, 6.45) is 5.85. The highest BCUT2D eigenvalue weighted by Crippen LogP contribution is 2.21. The fraction of sp³-hybridized carbons (Fsp3) is 0.647. The van der Waals surface area contributed by atoms with Crippen LogP contribution in [0.25, 0.3) is 0 Å². The van der Waals surface area contributed by atoms with Crippen LogP contribution >= 0.6 is 0 Å². The van der Waals surface area contributed by atoms with Crippen LogP contribution in [-0.2, 0) is 0 Å². The summed E-state index contributed by atoms with van der Waals surface area (Å²) in [5.74, 6) is 0. The van der Waals surface area contributed by atoms with Crippen molar-refractivity contribution in [2.24, 2.45) is 0 Å². The maximum atomic E-state index is 8.82. The Balaban J connectivity index is 1.81. The first-order valence-corrected chi connectivity index (χ1v) is 7.92. The summed E-state index contributed by atoms with van der Waals surface area (Å²) in [5, 5.41) is 8.82. The summed E-state index contributed by atoms with van der Waals surface area (Å²) in [7, 11) is 2.25. The third kappa shape index (κ3) is 4.50. The van der Waals surface area contributed by atoms with E-state index in [1.54, 1.807) is 0 Å². The molecule has 0 aliphatic carbocycles. The number of benzene rings is 1. The van der Waals surface area contributed by atoms with E-state index in [1.165, 1.54) is 31.5 Å². The molecule has 20 heavy (non-hydrogen) atoms. The van der Waals surface area contributed by atoms with Gasteiger partial charge < -0.3 is 14.9 Å². The van der Waals surface area contributed by atoms with Gasteiger partial charge in [0.1, 0.15) is 0 Å². The number of nitrogens with zero attached hydrogens (tertiary/aromatic N) is 2.